The number of nitriles is 1. The van der Waals surface area contributed by atoms with Gasteiger partial charge in [0.2, 0.25) is 5.88 Å². The summed E-state index contributed by atoms with van der Waals surface area (Å²) >= 11 is 0. The van der Waals surface area contributed by atoms with Gasteiger partial charge in [-0.15, -0.1) is 0 Å². The Labute approximate surface area is 200 Å². The topological polar surface area (TPSA) is 135 Å². The monoisotopic (exact) mass is 477 g/mol. The van der Waals surface area contributed by atoms with E-state index in [9.17, 15) is 15.2 Å². The number of aromatic nitrogens is 2. The summed E-state index contributed by atoms with van der Waals surface area (Å²) < 4.78 is 26.5. The van der Waals surface area contributed by atoms with Gasteiger partial charge in [0.25, 0.3) is 0 Å². The quantitative estimate of drug-likeness (QED) is 0.531. The van der Waals surface area contributed by atoms with Crippen molar-refractivity contribution < 1.29 is 23.8 Å². The number of hydrogen-bond donors (Lipinski definition) is 2. The first-order chi connectivity index (χ1) is 16.9. The van der Waals surface area contributed by atoms with Gasteiger partial charge in [0.15, 0.2) is 5.82 Å². The van der Waals surface area contributed by atoms with E-state index in [0.717, 1.165) is 0 Å². The number of nitrogen functional groups attached to an aromatic ring is 1. The highest BCUT2D eigenvalue weighted by Gasteiger charge is 2.30. The second-order valence-corrected chi connectivity index (χ2v) is 8.75. The summed E-state index contributed by atoms with van der Waals surface area (Å²) in [7, 11) is 0. The van der Waals surface area contributed by atoms with Crippen LogP contribution in [-0.4, -0.2) is 47.0 Å². The highest BCUT2D eigenvalue weighted by molar-refractivity contribution is 5.99. The molecule has 0 saturated carbocycles. The summed E-state index contributed by atoms with van der Waals surface area (Å²) in [5.41, 5.74) is 8.15. The molecule has 3 N–H and O–H groups in total. The van der Waals surface area contributed by atoms with E-state index in [1.165, 1.54) is 17.3 Å². The van der Waals surface area contributed by atoms with Crippen molar-refractivity contribution >= 4 is 28.4 Å². The van der Waals surface area contributed by atoms with Gasteiger partial charge in [-0.2, -0.15) is 5.26 Å². The zero-order valence-electron chi connectivity index (χ0n) is 19.1. The molecule has 2 aromatic heterocycles. The van der Waals surface area contributed by atoms with Gasteiger partial charge in [0.05, 0.1) is 24.3 Å². The average molecular weight is 477 g/mol. The molecule has 2 aliphatic heterocycles. The van der Waals surface area contributed by atoms with E-state index in [4.69, 9.17) is 15.2 Å². The number of rotatable bonds is 3. The van der Waals surface area contributed by atoms with E-state index in [2.05, 4.69) is 16.0 Å². The summed E-state index contributed by atoms with van der Waals surface area (Å²) in [4.78, 5) is 22.0. The second kappa shape index (κ2) is 9.00. The third kappa shape index (κ3) is 3.88. The first kappa shape index (κ1) is 22.8. The van der Waals surface area contributed by atoms with Gasteiger partial charge in [0.1, 0.15) is 5.82 Å². The van der Waals surface area contributed by atoms with Crippen LogP contribution in [0.2, 0.25) is 0 Å². The Bertz CT molecular complexity index is 1370. The van der Waals surface area contributed by atoms with Gasteiger partial charge in [-0.3, -0.25) is 4.90 Å². The highest BCUT2D eigenvalue weighted by Crippen LogP contribution is 2.41. The van der Waals surface area contributed by atoms with Crippen molar-refractivity contribution in [2.75, 3.05) is 30.5 Å². The van der Waals surface area contributed by atoms with Crippen LogP contribution in [0.1, 0.15) is 36.3 Å². The number of nitrogens with two attached hydrogens (primary N) is 1. The zero-order chi connectivity index (χ0) is 24.7. The van der Waals surface area contributed by atoms with Gasteiger partial charge in [-0.05, 0) is 42.8 Å². The fraction of sp³-hybridized carbons (Fsp3) is 0.360. The van der Waals surface area contributed by atoms with Crippen molar-refractivity contribution in [3.05, 3.63) is 41.5 Å². The fourth-order valence-corrected chi connectivity index (χ4v) is 4.94. The lowest BCUT2D eigenvalue weighted by atomic mass is 9.88. The van der Waals surface area contributed by atoms with Crippen LogP contribution in [0.15, 0.2) is 24.5 Å². The molecule has 9 nitrogen and oxygen atoms in total. The predicted octanol–water partition coefficient (Wildman–Crippen LogP) is 4.38. The van der Waals surface area contributed by atoms with Crippen molar-refractivity contribution in [1.29, 1.82) is 5.26 Å². The Morgan fingerprint density at radius 2 is 1.97 bits per heavy atom. The van der Waals surface area contributed by atoms with E-state index >= 15 is 4.39 Å². The van der Waals surface area contributed by atoms with E-state index in [1.54, 1.807) is 12.1 Å². The molecule has 10 heteroatoms. The maximum absolute atomic E-state index is 15.5. The van der Waals surface area contributed by atoms with Gasteiger partial charge in [0, 0.05) is 60.1 Å². The number of anilines is 2. The summed E-state index contributed by atoms with van der Waals surface area (Å²) in [6.07, 6.45) is 3.46. The number of pyridine rings is 2. The molecule has 1 atom stereocenters. The number of carbonyl (C=O) groups is 1. The zero-order valence-corrected chi connectivity index (χ0v) is 19.1. The van der Waals surface area contributed by atoms with Crippen LogP contribution >= 0.6 is 0 Å². The van der Waals surface area contributed by atoms with E-state index in [-0.39, 0.29) is 23.1 Å². The molecule has 3 aromatic rings. The van der Waals surface area contributed by atoms with Gasteiger partial charge >= 0.3 is 6.09 Å². The van der Waals surface area contributed by atoms with Crippen LogP contribution in [0.25, 0.3) is 21.9 Å². The Balaban J connectivity index is 1.65. The average Bonchev–Trinajstić information content (AvgIpc) is 2.87. The van der Waals surface area contributed by atoms with Crippen LogP contribution in [0, 0.1) is 24.1 Å². The smallest absolute Gasteiger partial charge is 0.413 e. The minimum Gasteiger partial charge on any atom is -0.477 e. The summed E-state index contributed by atoms with van der Waals surface area (Å²) in [5, 5.41) is 20.4. The Morgan fingerprint density at radius 1 is 1.20 bits per heavy atom. The van der Waals surface area contributed by atoms with Crippen molar-refractivity contribution in [2.45, 2.75) is 38.1 Å². The van der Waals surface area contributed by atoms with Crippen molar-refractivity contribution in [3.8, 4) is 23.1 Å². The summed E-state index contributed by atoms with van der Waals surface area (Å²) in [6, 6.07) is 5.25. The van der Waals surface area contributed by atoms with Crippen molar-refractivity contribution in [2.24, 2.45) is 0 Å². The SMILES string of the molecule is Cc1c(-c2cc3cc(N(C(=O)O)C4CCOCC4)ncc3c(N)c2F)cnc2c1C(C#N)CCO2. The molecule has 180 valence electrons. The van der Waals surface area contributed by atoms with Crippen LogP contribution in [0.3, 0.4) is 0 Å². The lowest BCUT2D eigenvalue weighted by molar-refractivity contribution is 0.0836. The number of halogens is 1. The summed E-state index contributed by atoms with van der Waals surface area (Å²) in [5.74, 6) is -0.390. The van der Waals surface area contributed by atoms with E-state index in [0.29, 0.717) is 72.4 Å². The standard InChI is InChI=1S/C25H24FN5O4/c1-13-18(11-30-24-21(13)14(10-27)2-7-35-24)17-8-15-9-20(29-12-19(15)23(28)22(17)26)31(25(32)33)16-3-5-34-6-4-16/h8-9,11-12,14,16H,2-7,28H2,1H3,(H,32,33). The number of nitrogens with zero attached hydrogens (tertiary/aromatic N) is 4. The van der Waals surface area contributed by atoms with Gasteiger partial charge in [-0.1, -0.05) is 0 Å². The number of benzene rings is 1. The fourth-order valence-electron chi connectivity index (χ4n) is 4.94. The number of fused-ring (bicyclic) bond motifs is 2. The Hall–Kier alpha value is -3.97. The molecule has 0 radical (unpaired) electrons. The van der Waals surface area contributed by atoms with Gasteiger partial charge < -0.3 is 20.3 Å². The molecule has 1 saturated heterocycles. The van der Waals surface area contributed by atoms with Crippen LogP contribution < -0.4 is 15.4 Å². The van der Waals surface area contributed by atoms with Crippen LogP contribution in [0.4, 0.5) is 20.7 Å². The van der Waals surface area contributed by atoms with Gasteiger partial charge in [-0.25, -0.2) is 19.2 Å². The molecule has 0 aliphatic carbocycles. The first-order valence-corrected chi connectivity index (χ1v) is 11.4. The molecular weight excluding hydrogens is 453 g/mol. The molecular formula is C25H24FN5O4. The number of carboxylic acid groups (broad SMARTS) is 1. The largest absolute Gasteiger partial charge is 0.477 e. The predicted molar refractivity (Wildman–Crippen MR) is 127 cm³/mol. The Morgan fingerprint density at radius 3 is 2.69 bits per heavy atom. The van der Waals surface area contributed by atoms with Crippen molar-refractivity contribution in [1.82, 2.24) is 9.97 Å². The lowest BCUT2D eigenvalue weighted by Gasteiger charge is -2.31. The minimum atomic E-state index is -1.11. The summed E-state index contributed by atoms with van der Waals surface area (Å²) in [6.45, 7) is 3.16. The van der Waals surface area contributed by atoms with E-state index < -0.39 is 17.8 Å². The molecule has 1 unspecified atom stereocenters. The molecule has 1 amide bonds. The number of ether oxygens (including phenoxy) is 2. The number of amides is 1. The second-order valence-electron chi connectivity index (χ2n) is 8.75. The number of hydrogen-bond acceptors (Lipinski definition) is 7. The lowest BCUT2D eigenvalue weighted by Crippen LogP contribution is -2.43. The Kier molecular flexibility index (Phi) is 5.86. The molecule has 1 aromatic carbocycles. The molecule has 0 spiro atoms. The molecule has 5 rings (SSSR count). The first-order valence-electron chi connectivity index (χ1n) is 11.4. The maximum atomic E-state index is 15.5. The molecule has 35 heavy (non-hydrogen) atoms. The molecule has 2 aliphatic rings. The molecule has 0 bridgehead atoms. The third-order valence-corrected chi connectivity index (χ3v) is 6.78. The molecule has 4 heterocycles. The van der Waals surface area contributed by atoms with E-state index in [1.807, 2.05) is 6.92 Å². The highest BCUT2D eigenvalue weighted by atomic mass is 19.1. The van der Waals surface area contributed by atoms with Crippen LogP contribution in [0.5, 0.6) is 5.88 Å². The molecule has 1 fully saturated rings. The van der Waals surface area contributed by atoms with Crippen molar-refractivity contribution in [3.63, 3.8) is 0 Å². The van der Waals surface area contributed by atoms with Crippen LogP contribution in [-0.2, 0) is 4.74 Å². The minimum absolute atomic E-state index is 0.0882. The normalized spacial score (nSPS) is 17.9. The maximum Gasteiger partial charge on any atom is 0.413 e. The third-order valence-electron chi connectivity index (χ3n) is 6.78.